The molecule has 0 atom stereocenters. The lowest BCUT2D eigenvalue weighted by Gasteiger charge is -2.45. The molecule has 0 unspecified atom stereocenters. The first-order valence-electron chi connectivity index (χ1n) is 4.72. The van der Waals surface area contributed by atoms with Gasteiger partial charge in [0.1, 0.15) is 0 Å². The van der Waals surface area contributed by atoms with E-state index in [2.05, 4.69) is 0 Å². The fourth-order valence-electron chi connectivity index (χ4n) is 1.11. The van der Waals surface area contributed by atoms with Crippen LogP contribution in [0.5, 0.6) is 0 Å². The van der Waals surface area contributed by atoms with Crippen LogP contribution in [0.3, 0.4) is 0 Å². The highest BCUT2D eigenvalue weighted by Crippen LogP contribution is 2.60. The third-order valence-electron chi connectivity index (χ3n) is 1.90. The molecule has 0 amide bonds. The van der Waals surface area contributed by atoms with Crippen LogP contribution in [0.2, 0.25) is 13.1 Å². The van der Waals surface area contributed by atoms with E-state index in [1.807, 2.05) is 13.1 Å². The van der Waals surface area contributed by atoms with E-state index in [9.17, 15) is 0 Å². The summed E-state index contributed by atoms with van der Waals surface area (Å²) in [4.78, 5) is 0. The molecular formula is C8H12Cl8Si. The highest BCUT2D eigenvalue weighted by molar-refractivity contribution is 7.44. The molecule has 0 aromatic rings. The van der Waals surface area contributed by atoms with E-state index in [1.165, 1.54) is 0 Å². The minimum atomic E-state index is -1.67. The van der Waals surface area contributed by atoms with E-state index in [0.717, 1.165) is 0 Å². The van der Waals surface area contributed by atoms with Crippen molar-refractivity contribution in [3.05, 3.63) is 0 Å². The lowest BCUT2D eigenvalue weighted by molar-refractivity contribution is 0.429. The number of hydrogen-bond donors (Lipinski definition) is 0. The van der Waals surface area contributed by atoms with Gasteiger partial charge in [-0.15, -0.1) is 22.2 Å². The van der Waals surface area contributed by atoms with Crippen LogP contribution in [0.1, 0.15) is 19.3 Å². The first-order chi connectivity index (χ1) is 7.21. The quantitative estimate of drug-likeness (QED) is 0.228. The summed E-state index contributed by atoms with van der Waals surface area (Å²) < 4.78 is -4.08. The van der Waals surface area contributed by atoms with Crippen molar-refractivity contribution >= 4 is 98.5 Å². The van der Waals surface area contributed by atoms with Crippen LogP contribution in [0.15, 0.2) is 0 Å². The SMILES string of the molecule is C[Si](C)(Cl)Cl.ClC1(Cl)CCCC(Cl)(Cl)C1(Cl)Cl. The van der Waals surface area contributed by atoms with E-state index < -0.39 is 19.7 Å². The van der Waals surface area contributed by atoms with Crippen LogP contribution in [0.4, 0.5) is 0 Å². The van der Waals surface area contributed by atoms with Crippen molar-refractivity contribution in [2.75, 3.05) is 0 Å². The van der Waals surface area contributed by atoms with E-state index in [0.29, 0.717) is 19.3 Å². The molecule has 0 aliphatic heterocycles. The van der Waals surface area contributed by atoms with Crippen LogP contribution in [0, 0.1) is 0 Å². The molecule has 104 valence electrons. The zero-order valence-corrected chi connectivity index (χ0v) is 16.2. The third kappa shape index (κ3) is 6.22. The maximum atomic E-state index is 5.89. The van der Waals surface area contributed by atoms with E-state index >= 15 is 0 Å². The Morgan fingerprint density at radius 1 is 0.765 bits per heavy atom. The van der Waals surface area contributed by atoms with Gasteiger partial charge in [-0.2, -0.15) is 0 Å². The number of hydrogen-bond acceptors (Lipinski definition) is 0. The van der Waals surface area contributed by atoms with Gasteiger partial charge in [-0.05, 0) is 32.4 Å². The van der Waals surface area contributed by atoms with E-state index in [-0.39, 0.29) is 0 Å². The summed E-state index contributed by atoms with van der Waals surface area (Å²) in [6.45, 7) is 2.05. The zero-order chi connectivity index (χ0) is 14.1. The van der Waals surface area contributed by atoms with Gasteiger partial charge in [-0.25, -0.2) is 0 Å². The van der Waals surface area contributed by atoms with Crippen molar-refractivity contribution in [2.45, 2.75) is 45.4 Å². The monoisotopic (exact) mass is 416 g/mol. The van der Waals surface area contributed by atoms with Gasteiger partial charge in [0, 0.05) is 0 Å². The lowest BCUT2D eigenvalue weighted by atomic mass is 9.97. The predicted octanol–water partition coefficient (Wildman–Crippen LogP) is 6.86. The van der Waals surface area contributed by atoms with Gasteiger partial charge in [-0.1, -0.05) is 69.6 Å². The standard InChI is InChI=1S/C6H6Cl6.C2H6Cl2Si/c7-4(8)2-1-3-5(9,10)6(4,11)12;1-5(2,3)4/h1-3H2;1-2H3. The van der Waals surface area contributed by atoms with Crippen molar-refractivity contribution in [3.63, 3.8) is 0 Å². The molecule has 0 heterocycles. The first-order valence-corrected chi connectivity index (χ1v) is 12.0. The number of rotatable bonds is 0. The Bertz CT molecular complexity index is 233. The van der Waals surface area contributed by atoms with Gasteiger partial charge in [0.2, 0.25) is 6.69 Å². The molecule has 0 bridgehead atoms. The Hall–Kier alpha value is 2.54. The molecule has 0 aromatic heterocycles. The van der Waals surface area contributed by atoms with Crippen molar-refractivity contribution in [1.82, 2.24) is 0 Å². The minimum Gasteiger partial charge on any atom is -0.146 e. The fourth-order valence-corrected chi connectivity index (χ4v) is 2.87. The molecule has 0 saturated heterocycles. The lowest BCUT2D eigenvalue weighted by Crippen LogP contribution is -2.52. The average molecular weight is 420 g/mol. The number of alkyl halides is 6. The molecule has 17 heavy (non-hydrogen) atoms. The molecule has 9 heteroatoms. The van der Waals surface area contributed by atoms with Crippen molar-refractivity contribution in [1.29, 1.82) is 0 Å². The molecule has 0 aromatic carbocycles. The Morgan fingerprint density at radius 3 is 1.18 bits per heavy atom. The molecule has 0 N–H and O–H groups in total. The Balaban J connectivity index is 0.000000437. The van der Waals surface area contributed by atoms with Crippen LogP contribution in [-0.2, 0) is 0 Å². The van der Waals surface area contributed by atoms with Gasteiger partial charge in [-0.3, -0.25) is 0 Å². The van der Waals surface area contributed by atoms with Crippen LogP contribution in [0.25, 0.3) is 0 Å². The summed E-state index contributed by atoms with van der Waals surface area (Å²) >= 11 is 46.2. The summed E-state index contributed by atoms with van der Waals surface area (Å²) in [7, 11) is 0. The summed E-state index contributed by atoms with van der Waals surface area (Å²) in [5, 5.41) is 0. The maximum absolute atomic E-state index is 5.89. The summed E-state index contributed by atoms with van der Waals surface area (Å²) in [5.41, 5.74) is 0. The van der Waals surface area contributed by atoms with Crippen molar-refractivity contribution in [3.8, 4) is 0 Å². The smallest absolute Gasteiger partial charge is 0.146 e. The topological polar surface area (TPSA) is 0 Å². The van der Waals surface area contributed by atoms with Gasteiger partial charge in [0.25, 0.3) is 0 Å². The molecule has 1 rings (SSSR count). The molecule has 1 saturated carbocycles. The summed E-state index contributed by atoms with van der Waals surface area (Å²) in [5.74, 6) is 0. The Labute approximate surface area is 143 Å². The Kier molecular flexibility index (Phi) is 7.51. The normalized spacial score (nSPS) is 25.8. The Morgan fingerprint density at radius 2 is 1.00 bits per heavy atom. The molecule has 0 radical (unpaired) electrons. The maximum Gasteiger partial charge on any atom is 0.245 e. The molecule has 1 fully saturated rings. The second-order valence-corrected chi connectivity index (χ2v) is 17.4. The van der Waals surface area contributed by atoms with Crippen LogP contribution < -0.4 is 0 Å². The number of halogens is 8. The fraction of sp³-hybridized carbons (Fsp3) is 1.00. The average Bonchev–Trinajstić information content (AvgIpc) is 1.96. The second-order valence-electron chi connectivity index (χ2n) is 4.16. The summed E-state index contributed by atoms with van der Waals surface area (Å²) in [6, 6.07) is 0. The summed E-state index contributed by atoms with van der Waals surface area (Å²) in [6.07, 6.45) is 1.69. The van der Waals surface area contributed by atoms with Gasteiger partial charge in [0.15, 0.2) is 13.0 Å². The van der Waals surface area contributed by atoms with E-state index in [4.69, 9.17) is 91.8 Å². The van der Waals surface area contributed by atoms with Gasteiger partial charge in [0.05, 0.1) is 0 Å². The van der Waals surface area contributed by atoms with Crippen molar-refractivity contribution < 1.29 is 0 Å². The van der Waals surface area contributed by atoms with Gasteiger partial charge < -0.3 is 0 Å². The molecule has 1 aliphatic rings. The van der Waals surface area contributed by atoms with Crippen LogP contribution >= 0.6 is 91.8 Å². The highest BCUT2D eigenvalue weighted by Gasteiger charge is 2.62. The van der Waals surface area contributed by atoms with Crippen molar-refractivity contribution in [2.24, 2.45) is 0 Å². The molecule has 0 nitrogen and oxygen atoms in total. The van der Waals surface area contributed by atoms with E-state index in [1.54, 1.807) is 0 Å². The minimum absolute atomic E-state index is 0.490. The van der Waals surface area contributed by atoms with Crippen LogP contribution in [-0.4, -0.2) is 19.7 Å². The molecule has 0 spiro atoms. The predicted molar refractivity (Wildman–Crippen MR) is 86.4 cm³/mol. The third-order valence-corrected chi connectivity index (χ3v) is 5.85. The molecular weight excluding hydrogens is 408 g/mol. The second kappa shape index (κ2) is 6.53. The first kappa shape index (κ1) is 19.5. The largest absolute Gasteiger partial charge is 0.245 e. The van der Waals surface area contributed by atoms with Gasteiger partial charge >= 0.3 is 0 Å². The molecule has 1 aliphatic carbocycles. The highest BCUT2D eigenvalue weighted by atomic mass is 35.7. The zero-order valence-electron chi connectivity index (χ0n) is 9.15.